The van der Waals surface area contributed by atoms with E-state index < -0.39 is 16.9 Å². The lowest BCUT2D eigenvalue weighted by molar-refractivity contribution is 0.1000. The van der Waals surface area contributed by atoms with Crippen molar-refractivity contribution in [2.45, 2.75) is 73.6 Å². The Morgan fingerprint density at radius 1 is 1.29 bits per heavy atom. The number of halogens is 1. The smallest absolute Gasteiger partial charge is 0.250 e. The van der Waals surface area contributed by atoms with Crippen LogP contribution in [0.2, 0.25) is 5.02 Å². The molecule has 2 aromatic rings. The summed E-state index contributed by atoms with van der Waals surface area (Å²) in [5.41, 5.74) is 12.1. The van der Waals surface area contributed by atoms with Gasteiger partial charge < -0.3 is 16.4 Å². The van der Waals surface area contributed by atoms with E-state index in [1.54, 1.807) is 24.4 Å². The van der Waals surface area contributed by atoms with Crippen molar-refractivity contribution in [1.29, 1.82) is 0 Å². The minimum absolute atomic E-state index is 0.175. The molecule has 5 N–H and O–H groups in total. The molecule has 1 saturated heterocycles. The van der Waals surface area contributed by atoms with Crippen LogP contribution in [0.1, 0.15) is 63.2 Å². The number of amides is 1. The van der Waals surface area contributed by atoms with Crippen molar-refractivity contribution >= 4 is 51.9 Å². The Bertz CT molecular complexity index is 1130. The first kappa shape index (κ1) is 26.2. The maximum absolute atomic E-state index is 12.7. The largest absolute Gasteiger partial charge is 0.381 e. The number of benzene rings is 1. The van der Waals surface area contributed by atoms with Gasteiger partial charge in [0.15, 0.2) is 5.82 Å². The average Bonchev–Trinajstić information content (AvgIpc) is 3.17. The van der Waals surface area contributed by atoms with Crippen LogP contribution in [0.25, 0.3) is 0 Å². The predicted octanol–water partition coefficient (Wildman–Crippen LogP) is 4.15. The van der Waals surface area contributed by atoms with Crippen molar-refractivity contribution in [3.63, 3.8) is 0 Å². The van der Waals surface area contributed by atoms with Gasteiger partial charge in [-0.25, -0.2) is 18.9 Å². The van der Waals surface area contributed by atoms with E-state index in [0.29, 0.717) is 15.7 Å². The van der Waals surface area contributed by atoms with Crippen LogP contribution in [0.3, 0.4) is 0 Å². The highest BCUT2D eigenvalue weighted by atomic mass is 35.5. The van der Waals surface area contributed by atoms with Crippen molar-refractivity contribution in [3.8, 4) is 0 Å². The second-order valence-electron chi connectivity index (χ2n) is 10.3. The van der Waals surface area contributed by atoms with Gasteiger partial charge in [-0.3, -0.25) is 4.79 Å². The second kappa shape index (κ2) is 10.2. The van der Waals surface area contributed by atoms with Crippen LogP contribution in [0.15, 0.2) is 34.3 Å². The molecule has 2 unspecified atom stereocenters. The quantitative estimate of drug-likeness (QED) is 0.506. The standard InChI is InChI=1S/C24H33ClN6O2S2/c1-23(2,3)35(33)30-17-8-5-9-24(17)10-12-31(13-11-24)18-14-28-22(20(26)29-18)34-16-7-4-6-15(19(16)25)21(27)32/h4,6-7,14,17,30H,5,8-13H2,1-3H3,(H2,26,29)(H2,27,32). The van der Waals surface area contributed by atoms with E-state index in [2.05, 4.69) is 19.6 Å². The van der Waals surface area contributed by atoms with Crippen molar-refractivity contribution in [2.75, 3.05) is 23.7 Å². The summed E-state index contributed by atoms with van der Waals surface area (Å²) >= 11 is 7.60. The zero-order chi connectivity index (χ0) is 25.4. The first-order valence-electron chi connectivity index (χ1n) is 11.8. The molecule has 1 aromatic heterocycles. The molecule has 2 atom stereocenters. The van der Waals surface area contributed by atoms with Gasteiger partial charge in [-0.15, -0.1) is 0 Å². The lowest BCUT2D eigenvalue weighted by Crippen LogP contribution is -2.51. The first-order valence-corrected chi connectivity index (χ1v) is 14.2. The Morgan fingerprint density at radius 3 is 2.63 bits per heavy atom. The number of aromatic nitrogens is 2. The molecule has 2 fully saturated rings. The van der Waals surface area contributed by atoms with Gasteiger partial charge in [-0.05, 0) is 64.0 Å². The SMILES string of the molecule is CC(C)(C)S(=O)NC1CCCC12CCN(c1cnc(Sc3cccc(C(N)=O)c3Cl)c(N)n1)CC2. The minimum atomic E-state index is -1.07. The van der Waals surface area contributed by atoms with Gasteiger partial charge in [0.1, 0.15) is 10.8 Å². The van der Waals surface area contributed by atoms with E-state index in [0.717, 1.165) is 51.0 Å². The van der Waals surface area contributed by atoms with Gasteiger partial charge in [0, 0.05) is 24.0 Å². The highest BCUT2D eigenvalue weighted by Gasteiger charge is 2.46. The minimum Gasteiger partial charge on any atom is -0.381 e. The highest BCUT2D eigenvalue weighted by molar-refractivity contribution is 7.99. The molecule has 8 nitrogen and oxygen atoms in total. The Hall–Kier alpha value is -1.88. The maximum atomic E-state index is 12.7. The second-order valence-corrected chi connectivity index (χ2v) is 13.7. The van der Waals surface area contributed by atoms with E-state index in [4.69, 9.17) is 23.1 Å². The number of nitrogen functional groups attached to an aromatic ring is 1. The van der Waals surface area contributed by atoms with E-state index in [9.17, 15) is 9.00 Å². The number of nitrogens with zero attached hydrogens (tertiary/aromatic N) is 3. The molecule has 1 spiro atoms. The van der Waals surface area contributed by atoms with Crippen LogP contribution in [-0.4, -0.2) is 44.0 Å². The molecule has 35 heavy (non-hydrogen) atoms. The number of hydrogen-bond acceptors (Lipinski definition) is 7. The van der Waals surface area contributed by atoms with Crippen LogP contribution in [0.5, 0.6) is 0 Å². The third kappa shape index (κ3) is 5.60. The normalized spacial score (nSPS) is 20.8. The van der Waals surface area contributed by atoms with Crippen LogP contribution < -0.4 is 21.1 Å². The third-order valence-electron chi connectivity index (χ3n) is 6.98. The molecule has 190 valence electrons. The number of nitrogens with two attached hydrogens (primary N) is 2. The van der Waals surface area contributed by atoms with Gasteiger partial charge in [-0.2, -0.15) is 0 Å². The van der Waals surface area contributed by atoms with Crippen LogP contribution in [-0.2, 0) is 11.0 Å². The topological polar surface area (TPSA) is 127 Å². The highest BCUT2D eigenvalue weighted by Crippen LogP contribution is 2.47. The van der Waals surface area contributed by atoms with Gasteiger partial charge in [0.05, 0.1) is 32.5 Å². The summed E-state index contributed by atoms with van der Waals surface area (Å²) in [5, 5.41) is 0.805. The molecule has 1 aliphatic carbocycles. The molecule has 2 heterocycles. The Morgan fingerprint density at radius 2 is 2.00 bits per heavy atom. The summed E-state index contributed by atoms with van der Waals surface area (Å²) in [4.78, 5) is 23.6. The fraction of sp³-hybridized carbons (Fsp3) is 0.542. The molecule has 1 aliphatic heterocycles. The molecule has 4 rings (SSSR count). The molecule has 0 radical (unpaired) electrons. The molecule has 1 amide bonds. The fourth-order valence-corrected chi connectivity index (χ4v) is 7.03. The Labute approximate surface area is 218 Å². The summed E-state index contributed by atoms with van der Waals surface area (Å²) in [7, 11) is -1.07. The number of hydrogen-bond donors (Lipinski definition) is 3. The van der Waals surface area contributed by atoms with E-state index >= 15 is 0 Å². The van der Waals surface area contributed by atoms with Crippen molar-refractivity contribution in [3.05, 3.63) is 35.0 Å². The monoisotopic (exact) mass is 536 g/mol. The summed E-state index contributed by atoms with van der Waals surface area (Å²) in [6.07, 6.45) is 7.16. The summed E-state index contributed by atoms with van der Waals surface area (Å²) in [6, 6.07) is 5.37. The summed E-state index contributed by atoms with van der Waals surface area (Å²) < 4.78 is 15.9. The van der Waals surface area contributed by atoms with Crippen molar-refractivity contribution < 1.29 is 9.00 Å². The zero-order valence-electron chi connectivity index (χ0n) is 20.3. The van der Waals surface area contributed by atoms with Gasteiger partial charge in [0.25, 0.3) is 0 Å². The summed E-state index contributed by atoms with van der Waals surface area (Å²) in [6.45, 7) is 7.73. The number of nitrogens with one attached hydrogen (secondary N) is 1. The van der Waals surface area contributed by atoms with Gasteiger partial charge in [0.2, 0.25) is 5.91 Å². The van der Waals surface area contributed by atoms with Gasteiger partial charge in [-0.1, -0.05) is 35.9 Å². The maximum Gasteiger partial charge on any atom is 0.250 e. The number of carbonyl (C=O) groups excluding carboxylic acids is 1. The van der Waals surface area contributed by atoms with Crippen LogP contribution in [0.4, 0.5) is 11.6 Å². The van der Waals surface area contributed by atoms with E-state index in [1.165, 1.54) is 11.8 Å². The molecule has 0 bridgehead atoms. The molecule has 2 aliphatic rings. The zero-order valence-corrected chi connectivity index (χ0v) is 22.7. The van der Waals surface area contributed by atoms with E-state index in [-0.39, 0.29) is 26.8 Å². The fourth-order valence-electron chi connectivity index (χ4n) is 4.91. The number of rotatable bonds is 6. The van der Waals surface area contributed by atoms with Crippen LogP contribution in [0, 0.1) is 5.41 Å². The molecule has 1 saturated carbocycles. The lowest BCUT2D eigenvalue weighted by Gasteiger charge is -2.44. The van der Waals surface area contributed by atoms with Crippen molar-refractivity contribution in [1.82, 2.24) is 14.7 Å². The third-order valence-corrected chi connectivity index (χ3v) is 10.2. The van der Waals surface area contributed by atoms with E-state index in [1.807, 2.05) is 20.8 Å². The molecular weight excluding hydrogens is 504 g/mol. The number of piperidine rings is 1. The molecular formula is C24H33ClN6O2S2. The summed E-state index contributed by atoms with van der Waals surface area (Å²) in [5.74, 6) is 0.479. The first-order chi connectivity index (χ1) is 16.5. The average molecular weight is 537 g/mol. The Kier molecular flexibility index (Phi) is 7.66. The Balaban J connectivity index is 1.43. The molecule has 1 aromatic carbocycles. The molecule has 11 heteroatoms. The number of primary amides is 1. The van der Waals surface area contributed by atoms with Crippen molar-refractivity contribution in [2.24, 2.45) is 11.1 Å². The predicted molar refractivity (Wildman–Crippen MR) is 143 cm³/mol. The number of carbonyl (C=O) groups is 1. The van der Waals surface area contributed by atoms with Crippen LogP contribution >= 0.6 is 23.4 Å². The number of anilines is 2. The van der Waals surface area contributed by atoms with Gasteiger partial charge >= 0.3 is 0 Å². The lowest BCUT2D eigenvalue weighted by atomic mass is 9.74.